The van der Waals surface area contributed by atoms with Crippen LogP contribution in [0, 0.1) is 12.3 Å². The zero-order chi connectivity index (χ0) is 20.6. The van der Waals surface area contributed by atoms with Gasteiger partial charge in [0.2, 0.25) is 12.5 Å². The SMILES string of the molecule is C#CCOCC/C=C/c1ccnc(C(Oc2ccc3ncsc3c2)c2nnco2)c1. The molecule has 30 heavy (non-hydrogen) atoms. The molecule has 3 heterocycles. The number of benzene rings is 1. The average Bonchev–Trinajstić information content (AvgIpc) is 3.46. The van der Waals surface area contributed by atoms with Crippen molar-refractivity contribution in [1.82, 2.24) is 20.2 Å². The molecule has 0 amide bonds. The van der Waals surface area contributed by atoms with Gasteiger partial charge in [-0.15, -0.1) is 28.0 Å². The summed E-state index contributed by atoms with van der Waals surface area (Å²) in [5.41, 5.74) is 4.37. The second-order valence-corrected chi connectivity index (χ2v) is 7.10. The number of ether oxygens (including phenoxy) is 2. The van der Waals surface area contributed by atoms with Crippen LogP contribution in [0.4, 0.5) is 0 Å². The second kappa shape index (κ2) is 9.78. The van der Waals surface area contributed by atoms with E-state index in [9.17, 15) is 0 Å². The third kappa shape index (κ3) is 4.89. The number of pyridine rings is 1. The average molecular weight is 418 g/mol. The van der Waals surface area contributed by atoms with E-state index in [1.54, 1.807) is 23.0 Å². The van der Waals surface area contributed by atoms with Crippen LogP contribution in [0.5, 0.6) is 5.75 Å². The van der Waals surface area contributed by atoms with E-state index in [0.717, 1.165) is 22.2 Å². The summed E-state index contributed by atoms with van der Waals surface area (Å²) in [5.74, 6) is 3.45. The van der Waals surface area contributed by atoms with Crippen LogP contribution >= 0.6 is 11.3 Å². The van der Waals surface area contributed by atoms with Crippen molar-refractivity contribution in [3.63, 3.8) is 0 Å². The Balaban J connectivity index is 1.54. The lowest BCUT2D eigenvalue weighted by molar-refractivity contribution is 0.172. The maximum Gasteiger partial charge on any atom is 0.263 e. The Kier molecular flexibility index (Phi) is 6.44. The van der Waals surface area contributed by atoms with Gasteiger partial charge in [0.05, 0.1) is 28.0 Å². The highest BCUT2D eigenvalue weighted by molar-refractivity contribution is 7.16. The fourth-order valence-electron chi connectivity index (χ4n) is 2.79. The molecule has 0 aliphatic rings. The third-order valence-corrected chi connectivity index (χ3v) is 4.95. The van der Waals surface area contributed by atoms with Gasteiger partial charge in [0, 0.05) is 6.20 Å². The fraction of sp³-hybridized carbons (Fsp3) is 0.182. The lowest BCUT2D eigenvalue weighted by Gasteiger charge is -2.16. The first kappa shape index (κ1) is 19.8. The molecule has 0 saturated heterocycles. The Morgan fingerprint density at radius 3 is 3.07 bits per heavy atom. The Labute approximate surface area is 177 Å². The number of hydrogen-bond donors (Lipinski definition) is 0. The highest BCUT2D eigenvalue weighted by Gasteiger charge is 2.23. The molecule has 1 aromatic carbocycles. The summed E-state index contributed by atoms with van der Waals surface area (Å²) in [6, 6.07) is 9.57. The topological polar surface area (TPSA) is 83.2 Å². The van der Waals surface area contributed by atoms with E-state index in [-0.39, 0.29) is 0 Å². The number of terminal acetylenes is 1. The zero-order valence-electron chi connectivity index (χ0n) is 16.0. The molecule has 0 bridgehead atoms. The number of thiazole rings is 1. The molecule has 150 valence electrons. The third-order valence-electron chi connectivity index (χ3n) is 4.16. The van der Waals surface area contributed by atoms with E-state index in [4.69, 9.17) is 20.3 Å². The predicted octanol–water partition coefficient (Wildman–Crippen LogP) is 4.30. The maximum absolute atomic E-state index is 6.20. The number of fused-ring (bicyclic) bond motifs is 1. The summed E-state index contributed by atoms with van der Waals surface area (Å²) < 4.78 is 17.9. The summed E-state index contributed by atoms with van der Waals surface area (Å²) in [5, 5.41) is 7.82. The molecule has 0 N–H and O–H groups in total. The molecule has 0 aliphatic heterocycles. The van der Waals surface area contributed by atoms with Crippen molar-refractivity contribution in [1.29, 1.82) is 0 Å². The molecular weight excluding hydrogens is 400 g/mol. The van der Waals surface area contributed by atoms with Crippen LogP contribution in [0.1, 0.15) is 29.7 Å². The molecule has 0 fully saturated rings. The van der Waals surface area contributed by atoms with Gasteiger partial charge >= 0.3 is 0 Å². The van der Waals surface area contributed by atoms with E-state index < -0.39 is 6.10 Å². The molecule has 0 radical (unpaired) electrons. The minimum absolute atomic E-state index is 0.323. The van der Waals surface area contributed by atoms with Crippen molar-refractivity contribution in [2.75, 3.05) is 13.2 Å². The molecule has 4 rings (SSSR count). The Morgan fingerprint density at radius 2 is 2.20 bits per heavy atom. The van der Waals surface area contributed by atoms with Crippen LogP contribution in [0.15, 0.2) is 58.9 Å². The van der Waals surface area contributed by atoms with Gasteiger partial charge in [-0.1, -0.05) is 18.1 Å². The summed E-state index contributed by atoms with van der Waals surface area (Å²) in [6.45, 7) is 0.899. The standard InChI is InChI=1S/C22H18N4O3S/c1-2-10-27-11-4-3-5-16-8-9-23-19(12-16)21(22-26-25-14-28-22)29-17-6-7-18-20(13-17)30-15-24-18/h1,3,5-9,12-15,21H,4,10-11H2/b5-3+. The minimum Gasteiger partial charge on any atom is -0.474 e. The van der Waals surface area contributed by atoms with Crippen LogP contribution < -0.4 is 4.74 Å². The molecule has 1 atom stereocenters. The van der Waals surface area contributed by atoms with Gasteiger partial charge in [0.25, 0.3) is 5.89 Å². The number of nitrogens with zero attached hydrogens (tertiary/aromatic N) is 4. The van der Waals surface area contributed by atoms with Crippen LogP contribution in [-0.4, -0.2) is 33.4 Å². The van der Waals surface area contributed by atoms with Gasteiger partial charge < -0.3 is 13.9 Å². The first-order valence-electron chi connectivity index (χ1n) is 9.23. The van der Waals surface area contributed by atoms with Crippen molar-refractivity contribution in [3.8, 4) is 18.1 Å². The molecule has 4 aromatic rings. The predicted molar refractivity (Wildman–Crippen MR) is 114 cm³/mol. The van der Waals surface area contributed by atoms with Gasteiger partial charge in [-0.25, -0.2) is 4.98 Å². The smallest absolute Gasteiger partial charge is 0.263 e. The second-order valence-electron chi connectivity index (χ2n) is 6.22. The first-order chi connectivity index (χ1) is 14.8. The normalized spacial score (nSPS) is 12.2. The number of rotatable bonds is 9. The van der Waals surface area contributed by atoms with Crippen LogP contribution in [0.3, 0.4) is 0 Å². The van der Waals surface area contributed by atoms with Crippen LogP contribution in [0.25, 0.3) is 16.3 Å². The van der Waals surface area contributed by atoms with E-state index in [2.05, 4.69) is 26.1 Å². The van der Waals surface area contributed by atoms with E-state index in [0.29, 0.717) is 30.5 Å². The number of aromatic nitrogens is 4. The van der Waals surface area contributed by atoms with Crippen molar-refractivity contribution in [2.24, 2.45) is 0 Å². The Bertz CT molecular complexity index is 1160. The lowest BCUT2D eigenvalue weighted by atomic mass is 10.1. The molecule has 0 spiro atoms. The molecule has 1 unspecified atom stereocenters. The van der Waals surface area contributed by atoms with Crippen LogP contribution in [-0.2, 0) is 4.74 Å². The molecule has 3 aromatic heterocycles. The lowest BCUT2D eigenvalue weighted by Crippen LogP contribution is -2.12. The van der Waals surface area contributed by atoms with Crippen molar-refractivity contribution < 1.29 is 13.9 Å². The molecule has 7 nitrogen and oxygen atoms in total. The van der Waals surface area contributed by atoms with Crippen molar-refractivity contribution in [3.05, 3.63) is 71.7 Å². The zero-order valence-corrected chi connectivity index (χ0v) is 16.8. The maximum atomic E-state index is 6.20. The highest BCUT2D eigenvalue weighted by Crippen LogP contribution is 2.30. The summed E-state index contributed by atoms with van der Waals surface area (Å²) in [4.78, 5) is 8.76. The van der Waals surface area contributed by atoms with Gasteiger partial charge in [-0.3, -0.25) is 4.98 Å². The molecule has 8 heteroatoms. The van der Waals surface area contributed by atoms with Crippen molar-refractivity contribution >= 4 is 27.6 Å². The monoisotopic (exact) mass is 418 g/mol. The Morgan fingerprint density at radius 1 is 1.23 bits per heavy atom. The largest absolute Gasteiger partial charge is 0.474 e. The first-order valence-corrected chi connectivity index (χ1v) is 10.1. The molecular formula is C22H18N4O3S. The van der Waals surface area contributed by atoms with E-state index >= 15 is 0 Å². The van der Waals surface area contributed by atoms with Crippen LogP contribution in [0.2, 0.25) is 0 Å². The molecule has 0 aliphatic carbocycles. The fourth-order valence-corrected chi connectivity index (χ4v) is 3.50. The van der Waals surface area contributed by atoms with Gasteiger partial charge in [-0.05, 0) is 42.3 Å². The quantitative estimate of drug-likeness (QED) is 0.296. The van der Waals surface area contributed by atoms with Gasteiger partial charge in [0.1, 0.15) is 12.4 Å². The highest BCUT2D eigenvalue weighted by atomic mass is 32.1. The Hall–Kier alpha value is -3.54. The van der Waals surface area contributed by atoms with Gasteiger partial charge in [0.15, 0.2) is 0 Å². The summed E-state index contributed by atoms with van der Waals surface area (Å²) in [7, 11) is 0. The van der Waals surface area contributed by atoms with Crippen molar-refractivity contribution in [2.45, 2.75) is 12.5 Å². The van der Waals surface area contributed by atoms with E-state index in [1.165, 1.54) is 6.39 Å². The summed E-state index contributed by atoms with van der Waals surface area (Å²) in [6.07, 6.45) is 12.3. The summed E-state index contributed by atoms with van der Waals surface area (Å²) >= 11 is 1.55. The number of hydrogen-bond acceptors (Lipinski definition) is 8. The van der Waals surface area contributed by atoms with Gasteiger partial charge in [-0.2, -0.15) is 0 Å². The van der Waals surface area contributed by atoms with E-state index in [1.807, 2.05) is 42.5 Å². The molecule has 0 saturated carbocycles. The minimum atomic E-state index is -0.634.